The number of nitrogens with one attached hydrogen (secondary N) is 2. The Hall–Kier alpha value is -4.50. The van der Waals surface area contributed by atoms with Crippen LogP contribution in [0.5, 0.6) is 0 Å². The van der Waals surface area contributed by atoms with Crippen molar-refractivity contribution >= 4 is 50.6 Å². The van der Waals surface area contributed by atoms with Crippen LogP contribution in [0, 0.1) is 0 Å². The number of benzene rings is 1. The summed E-state index contributed by atoms with van der Waals surface area (Å²) < 4.78 is 0. The molecule has 3 amide bonds. The van der Waals surface area contributed by atoms with Crippen molar-refractivity contribution in [2.45, 2.75) is 18.9 Å². The molecule has 0 radical (unpaired) electrons. The van der Waals surface area contributed by atoms with E-state index in [2.05, 4.69) is 38.7 Å². The van der Waals surface area contributed by atoms with Gasteiger partial charge in [-0.25, -0.2) is 9.78 Å². The summed E-state index contributed by atoms with van der Waals surface area (Å²) in [6, 6.07) is 14.9. The van der Waals surface area contributed by atoms with Gasteiger partial charge in [-0.3, -0.25) is 14.7 Å². The second-order valence-corrected chi connectivity index (χ2v) is 10.3. The van der Waals surface area contributed by atoms with E-state index in [-0.39, 0.29) is 18.0 Å². The molecule has 0 saturated carbocycles. The zero-order valence-corrected chi connectivity index (χ0v) is 21.5. The van der Waals surface area contributed by atoms with Crippen LogP contribution in [0.4, 0.5) is 21.9 Å². The number of piperidine rings is 1. The molecule has 3 aromatic heterocycles. The fraction of sp³-hybridized carbons (Fsp3) is 0.172. The Morgan fingerprint density at radius 1 is 1.16 bits per heavy atom. The molecule has 1 saturated heterocycles. The van der Waals surface area contributed by atoms with Crippen LogP contribution in [0.25, 0.3) is 21.5 Å². The van der Waals surface area contributed by atoms with E-state index < -0.39 is 0 Å². The predicted octanol–water partition coefficient (Wildman–Crippen LogP) is 5.94. The van der Waals surface area contributed by atoms with E-state index in [0.29, 0.717) is 33.3 Å². The zero-order chi connectivity index (χ0) is 26.2. The number of carbonyl (C=O) groups excluding carboxylic acids is 2. The summed E-state index contributed by atoms with van der Waals surface area (Å²) in [6.07, 6.45) is 6.93. The fourth-order valence-corrected chi connectivity index (χ4v) is 6.08. The smallest absolute Gasteiger partial charge is 0.331 e. The van der Waals surface area contributed by atoms with Crippen molar-refractivity contribution < 1.29 is 9.59 Å². The molecule has 190 valence electrons. The van der Waals surface area contributed by atoms with Crippen molar-refractivity contribution in [3.05, 3.63) is 90.7 Å². The van der Waals surface area contributed by atoms with Crippen LogP contribution in [-0.2, 0) is 0 Å². The van der Waals surface area contributed by atoms with E-state index in [4.69, 9.17) is 0 Å². The molecule has 8 nitrogen and oxygen atoms in total. The number of urea groups is 1. The Balaban J connectivity index is 1.33. The van der Waals surface area contributed by atoms with Crippen molar-refractivity contribution in [3.63, 3.8) is 0 Å². The first-order chi connectivity index (χ1) is 18.5. The van der Waals surface area contributed by atoms with Gasteiger partial charge in [0.05, 0.1) is 28.1 Å². The van der Waals surface area contributed by atoms with E-state index in [0.717, 1.165) is 41.7 Å². The quantitative estimate of drug-likeness (QED) is 0.306. The second kappa shape index (κ2) is 9.75. The van der Waals surface area contributed by atoms with Crippen molar-refractivity contribution in [2.75, 3.05) is 23.3 Å². The molecule has 9 heteroatoms. The standard InChI is InChI=1S/C29H26N6O2S/c1-3-18(2)34-15-7-10-20(17-34)32-27(36)26-25-24-23(12-14-31-28(24)38-26)35(29(37)33-25)21-11-13-30-22(16-21)19-8-5-4-6-9-19/h3-6,8-9,11-14,16,20H,1-2,7,10,15,17H2,(H,32,36)(H,33,37)/t20-/m1/s1. The monoisotopic (exact) mass is 522 g/mol. The van der Waals surface area contributed by atoms with Gasteiger partial charge in [-0.15, -0.1) is 11.3 Å². The van der Waals surface area contributed by atoms with Gasteiger partial charge in [0, 0.05) is 42.8 Å². The van der Waals surface area contributed by atoms with Crippen molar-refractivity contribution in [1.29, 1.82) is 0 Å². The average Bonchev–Trinajstić information content (AvgIpc) is 3.33. The largest absolute Gasteiger partial charge is 0.370 e. The molecule has 2 N–H and O–H groups in total. The lowest BCUT2D eigenvalue weighted by Crippen LogP contribution is -2.47. The maximum absolute atomic E-state index is 13.5. The zero-order valence-electron chi connectivity index (χ0n) is 20.7. The summed E-state index contributed by atoms with van der Waals surface area (Å²) in [4.78, 5) is 40.8. The van der Waals surface area contributed by atoms with E-state index in [1.807, 2.05) is 42.5 Å². The van der Waals surface area contributed by atoms with E-state index >= 15 is 0 Å². The molecule has 0 spiro atoms. The molecule has 2 aliphatic heterocycles. The number of thiophene rings is 1. The number of pyridine rings is 2. The van der Waals surface area contributed by atoms with Gasteiger partial charge in [0.1, 0.15) is 9.71 Å². The lowest BCUT2D eigenvalue weighted by Gasteiger charge is -2.35. The number of aromatic nitrogens is 2. The van der Waals surface area contributed by atoms with E-state index in [1.165, 1.54) is 11.3 Å². The van der Waals surface area contributed by atoms with Crippen LogP contribution in [0.2, 0.25) is 0 Å². The maximum Gasteiger partial charge on any atom is 0.331 e. The van der Waals surface area contributed by atoms with Gasteiger partial charge < -0.3 is 15.5 Å². The molecule has 6 rings (SSSR count). The summed E-state index contributed by atoms with van der Waals surface area (Å²) in [7, 11) is 0. The highest BCUT2D eigenvalue weighted by molar-refractivity contribution is 7.21. The molecule has 1 atom stereocenters. The normalized spacial score (nSPS) is 16.7. The molecule has 0 aliphatic carbocycles. The number of nitrogens with zero attached hydrogens (tertiary/aromatic N) is 4. The van der Waals surface area contributed by atoms with Gasteiger partial charge in [-0.2, -0.15) is 0 Å². The van der Waals surface area contributed by atoms with Gasteiger partial charge in [0.25, 0.3) is 5.91 Å². The van der Waals surface area contributed by atoms with Crippen molar-refractivity contribution in [3.8, 4) is 11.3 Å². The van der Waals surface area contributed by atoms with Gasteiger partial charge in [-0.1, -0.05) is 43.5 Å². The molecule has 1 aromatic carbocycles. The molecule has 38 heavy (non-hydrogen) atoms. The van der Waals surface area contributed by atoms with Gasteiger partial charge in [0.15, 0.2) is 0 Å². The van der Waals surface area contributed by atoms with Crippen molar-refractivity contribution in [1.82, 2.24) is 20.2 Å². The number of hydrogen-bond donors (Lipinski definition) is 2. The first-order valence-corrected chi connectivity index (χ1v) is 13.3. The molecule has 4 aromatic rings. The number of rotatable bonds is 6. The number of hydrogen-bond acceptors (Lipinski definition) is 6. The molecule has 1 fully saturated rings. The van der Waals surface area contributed by atoms with E-state index in [9.17, 15) is 9.59 Å². The Labute approximate surface area is 224 Å². The maximum atomic E-state index is 13.5. The summed E-state index contributed by atoms with van der Waals surface area (Å²) in [5, 5.41) is 6.89. The molecule has 5 heterocycles. The van der Waals surface area contributed by atoms with Crippen LogP contribution in [0.1, 0.15) is 22.5 Å². The third-order valence-electron chi connectivity index (χ3n) is 6.92. The summed E-state index contributed by atoms with van der Waals surface area (Å²) in [5.74, 6) is -0.214. The lowest BCUT2D eigenvalue weighted by molar-refractivity contribution is 0.0920. The second-order valence-electron chi connectivity index (χ2n) is 9.30. The number of allylic oxidation sites excluding steroid dienone is 1. The molecular weight excluding hydrogens is 496 g/mol. The minimum Gasteiger partial charge on any atom is -0.370 e. The van der Waals surface area contributed by atoms with Gasteiger partial charge in [-0.05, 0) is 37.1 Å². The van der Waals surface area contributed by atoms with Gasteiger partial charge >= 0.3 is 6.03 Å². The number of carbonyl (C=O) groups is 2. The summed E-state index contributed by atoms with van der Waals surface area (Å²) >= 11 is 1.29. The topological polar surface area (TPSA) is 90.5 Å². The first kappa shape index (κ1) is 23.9. The third-order valence-corrected chi connectivity index (χ3v) is 8.02. The molecular formula is C29H26N6O2S. The highest BCUT2D eigenvalue weighted by Crippen LogP contribution is 2.46. The molecule has 0 unspecified atom stereocenters. The minimum atomic E-state index is -0.339. The highest BCUT2D eigenvalue weighted by Gasteiger charge is 2.33. The Kier molecular flexibility index (Phi) is 6.13. The first-order valence-electron chi connectivity index (χ1n) is 12.4. The predicted molar refractivity (Wildman–Crippen MR) is 152 cm³/mol. The van der Waals surface area contributed by atoms with Crippen LogP contribution in [-0.4, -0.2) is 45.9 Å². The molecule has 0 bridgehead atoms. The van der Waals surface area contributed by atoms with Gasteiger partial charge in [0.2, 0.25) is 0 Å². The fourth-order valence-electron chi connectivity index (χ4n) is 5.06. The average molecular weight is 523 g/mol. The minimum absolute atomic E-state index is 0.0261. The third kappa shape index (κ3) is 4.20. The Morgan fingerprint density at radius 2 is 1.97 bits per heavy atom. The Morgan fingerprint density at radius 3 is 2.79 bits per heavy atom. The summed E-state index contributed by atoms with van der Waals surface area (Å²) in [6.45, 7) is 9.41. The summed E-state index contributed by atoms with van der Waals surface area (Å²) in [5.41, 5.74) is 4.44. The van der Waals surface area contributed by atoms with Crippen LogP contribution in [0.3, 0.4) is 0 Å². The lowest BCUT2D eigenvalue weighted by atomic mass is 10.0. The number of likely N-dealkylation sites (tertiary alicyclic amines) is 1. The number of anilines is 3. The van der Waals surface area contributed by atoms with E-state index in [1.54, 1.807) is 29.4 Å². The highest BCUT2D eigenvalue weighted by atomic mass is 32.1. The Bertz CT molecular complexity index is 1580. The van der Waals surface area contributed by atoms with Crippen molar-refractivity contribution in [2.24, 2.45) is 0 Å². The van der Waals surface area contributed by atoms with Crippen LogP contribution in [0.15, 0.2) is 85.9 Å². The number of amides is 3. The van der Waals surface area contributed by atoms with Crippen LogP contribution < -0.4 is 15.5 Å². The SMILES string of the molecule is C=CC(=C)N1CCC[C@@H](NC(=O)c2sc3nccc4c3c2NC(=O)N4c2ccnc(-c3ccccc3)c2)C1. The molecule has 2 aliphatic rings. The van der Waals surface area contributed by atoms with Crippen LogP contribution >= 0.6 is 11.3 Å².